The molecule has 5 heteroatoms. The quantitative estimate of drug-likeness (QED) is 0.477. The number of hydrogen-bond acceptors (Lipinski definition) is 2. The van der Waals surface area contributed by atoms with Crippen molar-refractivity contribution in [3.63, 3.8) is 0 Å². The van der Waals surface area contributed by atoms with Crippen molar-refractivity contribution in [2.75, 3.05) is 0 Å². The molecule has 0 aliphatic heterocycles. The van der Waals surface area contributed by atoms with Gasteiger partial charge in [-0.2, -0.15) is 0 Å². The summed E-state index contributed by atoms with van der Waals surface area (Å²) in [5, 5.41) is 0. The van der Waals surface area contributed by atoms with Crippen LogP contribution >= 0.6 is 0 Å². The molecule has 2 nitrogen and oxygen atoms in total. The average Bonchev–Trinajstić information content (AvgIpc) is 1.38. The van der Waals surface area contributed by atoms with Crippen molar-refractivity contribution in [2.45, 2.75) is 0 Å². The summed E-state index contributed by atoms with van der Waals surface area (Å²) in [7, 11) is -1.10. The van der Waals surface area contributed by atoms with Crippen molar-refractivity contribution in [2.24, 2.45) is 0 Å². The van der Waals surface area contributed by atoms with Gasteiger partial charge in [0.2, 0.25) is 0 Å². The van der Waals surface area contributed by atoms with Gasteiger partial charge in [0.25, 0.3) is 0 Å². The first-order chi connectivity index (χ1) is 2.27. The van der Waals surface area contributed by atoms with E-state index in [1.165, 1.54) is 18.0 Å². The van der Waals surface area contributed by atoms with Crippen LogP contribution in [0.2, 0.25) is 0 Å². The van der Waals surface area contributed by atoms with Gasteiger partial charge in [-0.05, 0) is 0 Å². The van der Waals surface area contributed by atoms with Crippen LogP contribution < -0.4 is 0 Å². The maximum absolute atomic E-state index is 9.33. The topological polar surface area (TPSA) is 34.1 Å². The molecule has 0 unspecified atom stereocenters. The third-order valence-corrected chi connectivity index (χ3v) is 2.96. The summed E-state index contributed by atoms with van der Waals surface area (Å²) in [6, 6.07) is 0. The predicted molar refractivity (Wildman–Crippen MR) is 16.3 cm³/mol. The van der Waals surface area contributed by atoms with Gasteiger partial charge in [-0.1, -0.05) is 0 Å². The minimum atomic E-state index is -1.90. The van der Waals surface area contributed by atoms with Crippen LogP contribution in [0.1, 0.15) is 0 Å². The molecule has 0 radical (unpaired) electrons. The molecule has 0 saturated heterocycles. The van der Waals surface area contributed by atoms with Crippen molar-refractivity contribution < 1.29 is 26.4 Å². The second-order valence-corrected chi connectivity index (χ2v) is 5.05. The van der Waals surface area contributed by atoms with Crippen LogP contribution in [0.4, 0.5) is 0 Å². The van der Waals surface area contributed by atoms with Crippen LogP contribution in [-0.4, -0.2) is 8.42 Å². The van der Waals surface area contributed by atoms with Crippen LogP contribution in [0.25, 0.3) is 0 Å². The molecule has 0 atom stereocenters. The molecule has 0 aliphatic rings. The molecule has 0 aromatic rings. The first kappa shape index (κ1) is 5.73. The van der Waals surface area contributed by atoms with Crippen molar-refractivity contribution in [1.29, 1.82) is 0 Å². The van der Waals surface area contributed by atoms with Crippen molar-refractivity contribution in [1.82, 2.24) is 0 Å². The summed E-state index contributed by atoms with van der Waals surface area (Å²) in [6.07, 6.45) is 0. The molecular weight excluding hydrogens is 192 g/mol. The molecule has 30 valence electrons. The van der Waals surface area contributed by atoms with E-state index in [9.17, 15) is 8.42 Å². The van der Waals surface area contributed by atoms with E-state index >= 15 is 0 Å². The zero-order valence-electron chi connectivity index (χ0n) is 2.04. The standard InChI is InChI=1S/Mo.O2S2/c;1-4(2)3. The third-order valence-electron chi connectivity index (χ3n) is 0.0556. The van der Waals surface area contributed by atoms with Crippen LogP contribution in [-0.2, 0) is 34.8 Å². The minimum absolute atomic E-state index is 0.806. The van der Waals surface area contributed by atoms with Gasteiger partial charge >= 0.3 is 43.2 Å². The number of hydrogen-bond donors (Lipinski definition) is 0. The third kappa shape index (κ3) is 4.73. The van der Waals surface area contributed by atoms with E-state index in [1.54, 1.807) is 0 Å². The molecule has 0 N–H and O–H groups in total. The fraction of sp³-hybridized carbons (Fsp3) is 0. The molecule has 0 spiro atoms. The first-order valence-corrected chi connectivity index (χ1v) is 5.46. The summed E-state index contributed by atoms with van der Waals surface area (Å²) in [4.78, 5) is 0. The van der Waals surface area contributed by atoms with Crippen LogP contribution in [0, 0.1) is 0 Å². The molecule has 0 fully saturated rings. The Labute approximate surface area is 43.3 Å². The molecule has 5 heavy (non-hydrogen) atoms. The zero-order valence-corrected chi connectivity index (χ0v) is 5.68. The van der Waals surface area contributed by atoms with Gasteiger partial charge in [0.15, 0.2) is 0 Å². The summed E-state index contributed by atoms with van der Waals surface area (Å²) in [6.45, 7) is 0. The van der Waals surface area contributed by atoms with E-state index in [4.69, 9.17) is 0 Å². The summed E-state index contributed by atoms with van der Waals surface area (Å²) in [5.74, 6) is 0. The Morgan fingerprint density at radius 3 is 1.80 bits per heavy atom. The van der Waals surface area contributed by atoms with Crippen molar-refractivity contribution in [3.05, 3.63) is 0 Å². The molecule has 0 aromatic carbocycles. The molecule has 0 saturated carbocycles. The van der Waals surface area contributed by atoms with E-state index in [0.29, 0.717) is 0 Å². The second kappa shape index (κ2) is 2.94. The molecular formula is MoO2S2. The first-order valence-electron chi connectivity index (χ1n) is 0.667. The predicted octanol–water partition coefficient (Wildman–Crippen LogP) is -0.675. The van der Waals surface area contributed by atoms with Crippen molar-refractivity contribution >= 4 is 16.8 Å². The van der Waals surface area contributed by atoms with E-state index in [-0.39, 0.29) is 0 Å². The molecule has 0 amide bonds. The van der Waals surface area contributed by atoms with Gasteiger partial charge in [-0.15, -0.1) is 0 Å². The Kier molecular flexibility index (Phi) is 3.37. The van der Waals surface area contributed by atoms with E-state index < -0.39 is 9.26 Å². The summed E-state index contributed by atoms with van der Waals surface area (Å²) >= 11 is 1.44. The second-order valence-electron chi connectivity index (χ2n) is 0.272. The van der Waals surface area contributed by atoms with E-state index in [2.05, 4.69) is 0 Å². The average molecular weight is 192 g/mol. The fourth-order valence-corrected chi connectivity index (χ4v) is 0. The Morgan fingerprint density at radius 2 is 1.80 bits per heavy atom. The van der Waals surface area contributed by atoms with Crippen LogP contribution in [0.3, 0.4) is 0 Å². The monoisotopic (exact) mass is 194 g/mol. The van der Waals surface area contributed by atoms with Gasteiger partial charge in [0.1, 0.15) is 0 Å². The SMILES string of the molecule is O=S(=O)=[S]=[Mo]. The molecule has 0 bridgehead atoms. The summed E-state index contributed by atoms with van der Waals surface area (Å²) < 4.78 is 18.7. The van der Waals surface area contributed by atoms with Gasteiger partial charge in [-0.25, -0.2) is 0 Å². The Balaban J connectivity index is 5.08. The van der Waals surface area contributed by atoms with Gasteiger partial charge in [0, 0.05) is 0 Å². The normalized spacial score (nSPS) is 6.40. The maximum atomic E-state index is 9.33. The molecule has 0 heterocycles. The Morgan fingerprint density at radius 1 is 1.60 bits per heavy atom. The van der Waals surface area contributed by atoms with Crippen LogP contribution in [0.15, 0.2) is 0 Å². The van der Waals surface area contributed by atoms with Crippen LogP contribution in [0.5, 0.6) is 0 Å². The molecule has 0 aromatic heterocycles. The molecule has 0 aliphatic carbocycles. The van der Waals surface area contributed by atoms with Crippen molar-refractivity contribution in [3.8, 4) is 0 Å². The Hall–Kier alpha value is 0.728. The van der Waals surface area contributed by atoms with E-state index in [0.717, 1.165) is 7.51 Å². The van der Waals surface area contributed by atoms with E-state index in [1.807, 2.05) is 0 Å². The zero-order chi connectivity index (χ0) is 4.28. The van der Waals surface area contributed by atoms with Gasteiger partial charge in [0.05, 0.1) is 0 Å². The molecule has 0 rings (SSSR count). The van der Waals surface area contributed by atoms with Gasteiger partial charge in [-0.3, -0.25) is 0 Å². The fourth-order valence-electron chi connectivity index (χ4n) is 0. The summed E-state index contributed by atoms with van der Waals surface area (Å²) in [5.41, 5.74) is 0. The number of rotatable bonds is 0. The van der Waals surface area contributed by atoms with Gasteiger partial charge < -0.3 is 0 Å². The Bertz CT molecular complexity index is 138.